The summed E-state index contributed by atoms with van der Waals surface area (Å²) in [6, 6.07) is 8.68. The van der Waals surface area contributed by atoms with Crippen molar-refractivity contribution in [3.63, 3.8) is 0 Å². The highest BCUT2D eigenvalue weighted by molar-refractivity contribution is 5.21. The molecular formula is C15H23NO. The summed E-state index contributed by atoms with van der Waals surface area (Å²) in [4.78, 5) is 0. The van der Waals surface area contributed by atoms with E-state index in [1.165, 1.54) is 36.8 Å². The first-order valence-electron chi connectivity index (χ1n) is 6.68. The van der Waals surface area contributed by atoms with E-state index < -0.39 is 0 Å². The zero-order valence-electron chi connectivity index (χ0n) is 10.7. The third-order valence-corrected chi connectivity index (χ3v) is 3.50. The van der Waals surface area contributed by atoms with Crippen LogP contribution in [0.15, 0.2) is 24.3 Å². The van der Waals surface area contributed by atoms with Gasteiger partial charge in [0.1, 0.15) is 0 Å². The maximum Gasteiger partial charge on any atom is 0.0717 e. The minimum Gasteiger partial charge on any atom is -0.376 e. The summed E-state index contributed by atoms with van der Waals surface area (Å²) in [7, 11) is 1.97. The van der Waals surface area contributed by atoms with Gasteiger partial charge in [0.2, 0.25) is 0 Å². The largest absolute Gasteiger partial charge is 0.376 e. The molecule has 94 valence electrons. The molecule has 17 heavy (non-hydrogen) atoms. The normalized spacial score (nSPS) is 16.5. The van der Waals surface area contributed by atoms with E-state index in [1.54, 1.807) is 0 Å². The van der Waals surface area contributed by atoms with Gasteiger partial charge in [0.25, 0.3) is 0 Å². The molecule has 1 aliphatic rings. The molecule has 1 aromatic carbocycles. The summed E-state index contributed by atoms with van der Waals surface area (Å²) >= 11 is 0. The van der Waals surface area contributed by atoms with Crippen LogP contribution >= 0.6 is 0 Å². The van der Waals surface area contributed by atoms with Gasteiger partial charge in [-0.15, -0.1) is 0 Å². The lowest BCUT2D eigenvalue weighted by molar-refractivity contribution is 0.0889. The minimum atomic E-state index is 0.760. The van der Waals surface area contributed by atoms with E-state index in [0.717, 1.165) is 25.7 Å². The Balaban J connectivity index is 1.70. The molecule has 1 aromatic rings. The summed E-state index contributed by atoms with van der Waals surface area (Å²) in [6.45, 7) is 2.64. The molecule has 1 saturated carbocycles. The van der Waals surface area contributed by atoms with Crippen LogP contribution in [0.1, 0.15) is 36.8 Å². The topological polar surface area (TPSA) is 21.3 Å². The molecule has 0 aromatic heterocycles. The quantitative estimate of drug-likeness (QED) is 0.815. The first kappa shape index (κ1) is 12.6. The Bertz CT molecular complexity index is 314. The number of benzene rings is 1. The summed E-state index contributed by atoms with van der Waals surface area (Å²) < 4.78 is 5.79. The van der Waals surface area contributed by atoms with Crippen LogP contribution in [-0.2, 0) is 17.9 Å². The van der Waals surface area contributed by atoms with Gasteiger partial charge in [0, 0.05) is 13.2 Å². The van der Waals surface area contributed by atoms with Crippen LogP contribution in [0.2, 0.25) is 0 Å². The fraction of sp³-hybridized carbons (Fsp3) is 0.600. The first-order chi connectivity index (χ1) is 8.38. The van der Waals surface area contributed by atoms with Crippen molar-refractivity contribution < 1.29 is 4.74 Å². The SMILES string of the molecule is CNCc1ccc(COCC2CCCC2)cc1. The number of rotatable bonds is 6. The zero-order chi connectivity index (χ0) is 11.9. The monoisotopic (exact) mass is 233 g/mol. The van der Waals surface area contributed by atoms with E-state index in [4.69, 9.17) is 4.74 Å². The lowest BCUT2D eigenvalue weighted by Gasteiger charge is -2.10. The standard InChI is InChI=1S/C15H23NO/c1-16-10-13-6-8-15(9-7-13)12-17-11-14-4-2-3-5-14/h6-9,14,16H,2-5,10-12H2,1H3. The average Bonchev–Trinajstić information content (AvgIpc) is 2.85. The van der Waals surface area contributed by atoms with Gasteiger partial charge in [-0.25, -0.2) is 0 Å². The molecule has 2 heteroatoms. The Kier molecular flexibility index (Phi) is 5.02. The zero-order valence-corrected chi connectivity index (χ0v) is 10.7. The summed E-state index contributed by atoms with van der Waals surface area (Å²) in [6.07, 6.45) is 5.52. The molecule has 0 radical (unpaired) electrons. The molecule has 2 nitrogen and oxygen atoms in total. The molecule has 0 heterocycles. The number of hydrogen-bond donors (Lipinski definition) is 1. The number of hydrogen-bond acceptors (Lipinski definition) is 2. The second-order valence-corrected chi connectivity index (χ2v) is 5.01. The van der Waals surface area contributed by atoms with Crippen molar-refractivity contribution >= 4 is 0 Å². The maximum atomic E-state index is 5.79. The molecule has 0 saturated heterocycles. The van der Waals surface area contributed by atoms with Gasteiger partial charge in [0.05, 0.1) is 6.61 Å². The minimum absolute atomic E-state index is 0.760. The molecule has 0 bridgehead atoms. The molecule has 0 amide bonds. The first-order valence-corrected chi connectivity index (χ1v) is 6.68. The second kappa shape index (κ2) is 6.77. The third-order valence-electron chi connectivity index (χ3n) is 3.50. The van der Waals surface area contributed by atoms with Crippen LogP contribution in [0.3, 0.4) is 0 Å². The highest BCUT2D eigenvalue weighted by Gasteiger charge is 2.14. The lowest BCUT2D eigenvalue weighted by atomic mass is 10.1. The molecule has 1 N–H and O–H groups in total. The number of nitrogens with one attached hydrogen (secondary N) is 1. The molecule has 2 rings (SSSR count). The summed E-state index contributed by atoms with van der Waals surface area (Å²) in [5.74, 6) is 0.818. The highest BCUT2D eigenvalue weighted by Crippen LogP contribution is 2.24. The van der Waals surface area contributed by atoms with E-state index in [0.29, 0.717) is 0 Å². The molecular weight excluding hydrogens is 210 g/mol. The van der Waals surface area contributed by atoms with E-state index in [-0.39, 0.29) is 0 Å². The van der Waals surface area contributed by atoms with Crippen molar-refractivity contribution in [2.45, 2.75) is 38.8 Å². The van der Waals surface area contributed by atoms with E-state index >= 15 is 0 Å². The van der Waals surface area contributed by atoms with Crippen LogP contribution in [0, 0.1) is 5.92 Å². The van der Waals surface area contributed by atoms with Crippen LogP contribution in [0.5, 0.6) is 0 Å². The Labute approximate surface area is 104 Å². The predicted octanol–water partition coefficient (Wildman–Crippen LogP) is 3.11. The predicted molar refractivity (Wildman–Crippen MR) is 70.8 cm³/mol. The van der Waals surface area contributed by atoms with E-state index in [2.05, 4.69) is 29.6 Å². The molecule has 1 aliphatic carbocycles. The Morgan fingerprint density at radius 2 is 1.76 bits per heavy atom. The van der Waals surface area contributed by atoms with Gasteiger partial charge in [-0.3, -0.25) is 0 Å². The van der Waals surface area contributed by atoms with Crippen LogP contribution in [0.25, 0.3) is 0 Å². The van der Waals surface area contributed by atoms with Gasteiger partial charge >= 0.3 is 0 Å². The second-order valence-electron chi connectivity index (χ2n) is 5.01. The Hall–Kier alpha value is -0.860. The smallest absolute Gasteiger partial charge is 0.0717 e. The van der Waals surface area contributed by atoms with Gasteiger partial charge in [-0.2, -0.15) is 0 Å². The van der Waals surface area contributed by atoms with Crippen LogP contribution < -0.4 is 5.32 Å². The van der Waals surface area contributed by atoms with Crippen molar-refractivity contribution in [3.8, 4) is 0 Å². The molecule has 1 fully saturated rings. The molecule has 0 aliphatic heterocycles. The maximum absolute atomic E-state index is 5.79. The van der Waals surface area contributed by atoms with Crippen molar-refractivity contribution in [1.82, 2.24) is 5.32 Å². The Morgan fingerprint density at radius 1 is 1.12 bits per heavy atom. The highest BCUT2D eigenvalue weighted by atomic mass is 16.5. The lowest BCUT2D eigenvalue weighted by Crippen LogP contribution is -2.06. The van der Waals surface area contributed by atoms with Crippen LogP contribution in [0.4, 0.5) is 0 Å². The van der Waals surface area contributed by atoms with Crippen LogP contribution in [-0.4, -0.2) is 13.7 Å². The number of ether oxygens (including phenoxy) is 1. The van der Waals surface area contributed by atoms with E-state index in [1.807, 2.05) is 7.05 Å². The third kappa shape index (κ3) is 4.14. The average molecular weight is 233 g/mol. The molecule has 0 unspecified atom stereocenters. The van der Waals surface area contributed by atoms with Gasteiger partial charge < -0.3 is 10.1 Å². The van der Waals surface area contributed by atoms with E-state index in [9.17, 15) is 0 Å². The molecule has 0 spiro atoms. The fourth-order valence-corrected chi connectivity index (χ4v) is 2.48. The Morgan fingerprint density at radius 3 is 2.41 bits per heavy atom. The molecule has 0 atom stereocenters. The van der Waals surface area contributed by atoms with Gasteiger partial charge in [0.15, 0.2) is 0 Å². The summed E-state index contributed by atoms with van der Waals surface area (Å²) in [5, 5.41) is 3.15. The van der Waals surface area contributed by atoms with Gasteiger partial charge in [-0.05, 0) is 36.9 Å². The van der Waals surface area contributed by atoms with Crippen molar-refractivity contribution in [1.29, 1.82) is 0 Å². The van der Waals surface area contributed by atoms with Crippen molar-refractivity contribution in [3.05, 3.63) is 35.4 Å². The van der Waals surface area contributed by atoms with Crippen molar-refractivity contribution in [2.24, 2.45) is 5.92 Å². The van der Waals surface area contributed by atoms with Crippen molar-refractivity contribution in [2.75, 3.05) is 13.7 Å². The van der Waals surface area contributed by atoms with Gasteiger partial charge in [-0.1, -0.05) is 37.1 Å². The summed E-state index contributed by atoms with van der Waals surface area (Å²) in [5.41, 5.74) is 2.61. The fourth-order valence-electron chi connectivity index (χ4n) is 2.48.